The molecule has 0 radical (unpaired) electrons. The second-order valence-corrected chi connectivity index (χ2v) is 7.88. The Balaban J connectivity index is 1.44. The molecule has 10 nitrogen and oxygen atoms in total. The quantitative estimate of drug-likeness (QED) is 0.526. The number of alkyl carbamates (subject to hydrolysis) is 1. The molecular weight excluding hydrogens is 405 g/mol. The number of rotatable bonds is 7. The lowest BCUT2D eigenvalue weighted by molar-refractivity contribution is 0.0555. The van der Waals surface area contributed by atoms with Crippen LogP contribution in [0.4, 0.5) is 20.8 Å². The number of halogens is 1. The lowest BCUT2D eigenvalue weighted by Gasteiger charge is -2.18. The molecular formula is C20H26FN7O3. The number of fused-ring (bicyclic) bond motifs is 1. The molecule has 0 saturated heterocycles. The molecule has 11 heteroatoms. The summed E-state index contributed by atoms with van der Waals surface area (Å²) >= 11 is 0. The standard InChI is InChI=1S/C20H26FN7O3/c1-11(2)23-20(29)31-16-5-4-13(18(16)21)14-9-17(26-25-14)24-19-15-8-12(10-30-3)27-28(15)7-6-22-19/h6-9,11,13,16,18H,4-5,10H2,1-3H3,(H,23,29)(H2,22,24,25,26)/t13-,16-,18+/m1/s1. The zero-order chi connectivity index (χ0) is 22.0. The van der Waals surface area contributed by atoms with E-state index in [4.69, 9.17) is 9.47 Å². The topological polar surface area (TPSA) is 118 Å². The fourth-order valence-electron chi connectivity index (χ4n) is 3.78. The number of hydrogen-bond donors (Lipinski definition) is 3. The summed E-state index contributed by atoms with van der Waals surface area (Å²) in [6.45, 7) is 4.04. The molecule has 0 aromatic carbocycles. The zero-order valence-corrected chi connectivity index (χ0v) is 17.6. The lowest BCUT2D eigenvalue weighted by Crippen LogP contribution is -2.36. The van der Waals surface area contributed by atoms with Crippen LogP contribution in [-0.4, -0.2) is 56.3 Å². The third kappa shape index (κ3) is 4.61. The monoisotopic (exact) mass is 431 g/mol. The summed E-state index contributed by atoms with van der Waals surface area (Å²) in [7, 11) is 1.61. The fourth-order valence-corrected chi connectivity index (χ4v) is 3.78. The molecule has 3 N–H and O–H groups in total. The van der Waals surface area contributed by atoms with Crippen molar-refractivity contribution < 1.29 is 18.7 Å². The number of carbonyl (C=O) groups is 1. The van der Waals surface area contributed by atoms with E-state index in [-0.39, 0.29) is 6.04 Å². The Hall–Kier alpha value is -3.21. The van der Waals surface area contributed by atoms with Crippen LogP contribution in [0.1, 0.15) is 44.0 Å². The summed E-state index contributed by atoms with van der Waals surface area (Å²) in [4.78, 5) is 16.2. The number of alkyl halides is 1. The number of H-pyrrole nitrogens is 1. The Morgan fingerprint density at radius 2 is 2.23 bits per heavy atom. The highest BCUT2D eigenvalue weighted by Gasteiger charge is 2.40. The number of aromatic nitrogens is 5. The van der Waals surface area contributed by atoms with Gasteiger partial charge in [-0.1, -0.05) is 0 Å². The Morgan fingerprint density at radius 3 is 3.00 bits per heavy atom. The molecule has 3 heterocycles. The summed E-state index contributed by atoms with van der Waals surface area (Å²) < 4.78 is 27.0. The summed E-state index contributed by atoms with van der Waals surface area (Å²) in [6.07, 6.45) is 1.71. The molecule has 4 rings (SSSR count). The molecule has 1 amide bonds. The average Bonchev–Trinajstić information content (AvgIpc) is 3.41. The molecule has 3 aromatic rings. The van der Waals surface area contributed by atoms with Crippen LogP contribution < -0.4 is 10.6 Å². The van der Waals surface area contributed by atoms with E-state index in [1.54, 1.807) is 30.1 Å². The van der Waals surface area contributed by atoms with Crippen LogP contribution in [0.5, 0.6) is 0 Å². The summed E-state index contributed by atoms with van der Waals surface area (Å²) in [5.74, 6) is 0.663. The van der Waals surface area contributed by atoms with Crippen LogP contribution in [0, 0.1) is 0 Å². The van der Waals surface area contributed by atoms with Gasteiger partial charge in [-0.15, -0.1) is 0 Å². The molecule has 1 fully saturated rings. The second kappa shape index (κ2) is 8.88. The summed E-state index contributed by atoms with van der Waals surface area (Å²) in [5, 5.41) is 17.3. The number of aromatic amines is 1. The maximum absolute atomic E-state index is 14.9. The van der Waals surface area contributed by atoms with Crippen molar-refractivity contribution in [1.29, 1.82) is 0 Å². The number of carbonyl (C=O) groups excluding carboxylic acids is 1. The van der Waals surface area contributed by atoms with E-state index >= 15 is 0 Å². The molecule has 1 aliphatic rings. The lowest BCUT2D eigenvalue weighted by atomic mass is 10.0. The van der Waals surface area contributed by atoms with E-state index in [1.807, 2.05) is 19.9 Å². The predicted molar refractivity (Wildman–Crippen MR) is 111 cm³/mol. The molecule has 166 valence electrons. The first-order valence-electron chi connectivity index (χ1n) is 10.2. The molecule has 0 aliphatic heterocycles. The first kappa shape index (κ1) is 21.0. The van der Waals surface area contributed by atoms with Gasteiger partial charge in [-0.05, 0) is 32.8 Å². The van der Waals surface area contributed by atoms with Crippen LogP contribution in [0.2, 0.25) is 0 Å². The third-order valence-electron chi connectivity index (χ3n) is 5.14. The number of ether oxygens (including phenoxy) is 2. The van der Waals surface area contributed by atoms with Gasteiger partial charge in [0.25, 0.3) is 0 Å². The van der Waals surface area contributed by atoms with Crippen LogP contribution in [0.25, 0.3) is 5.52 Å². The van der Waals surface area contributed by atoms with Crippen molar-refractivity contribution in [3.05, 3.63) is 35.9 Å². The van der Waals surface area contributed by atoms with E-state index in [0.717, 1.165) is 11.2 Å². The van der Waals surface area contributed by atoms with Crippen molar-refractivity contribution in [3.8, 4) is 0 Å². The van der Waals surface area contributed by atoms with Gasteiger partial charge in [0.1, 0.15) is 17.8 Å². The van der Waals surface area contributed by atoms with Gasteiger partial charge in [0.15, 0.2) is 11.6 Å². The molecule has 3 aromatic heterocycles. The second-order valence-electron chi connectivity index (χ2n) is 7.88. The average molecular weight is 431 g/mol. The highest BCUT2D eigenvalue weighted by atomic mass is 19.1. The van der Waals surface area contributed by atoms with Crippen molar-refractivity contribution >= 4 is 23.2 Å². The highest BCUT2D eigenvalue weighted by Crippen LogP contribution is 2.38. The van der Waals surface area contributed by atoms with Gasteiger partial charge in [-0.3, -0.25) is 5.10 Å². The van der Waals surface area contributed by atoms with E-state index in [1.165, 1.54) is 0 Å². The van der Waals surface area contributed by atoms with Gasteiger partial charge in [-0.25, -0.2) is 18.7 Å². The highest BCUT2D eigenvalue weighted by molar-refractivity contribution is 5.72. The molecule has 0 unspecified atom stereocenters. The largest absolute Gasteiger partial charge is 0.443 e. The first-order chi connectivity index (χ1) is 14.9. The fraction of sp³-hybridized carbons (Fsp3) is 0.500. The van der Waals surface area contributed by atoms with E-state index in [2.05, 4.69) is 30.9 Å². The van der Waals surface area contributed by atoms with E-state index < -0.39 is 24.3 Å². The van der Waals surface area contributed by atoms with Crippen molar-refractivity contribution in [2.75, 3.05) is 12.4 Å². The van der Waals surface area contributed by atoms with Gasteiger partial charge in [0.05, 0.1) is 12.3 Å². The maximum atomic E-state index is 14.9. The molecule has 31 heavy (non-hydrogen) atoms. The molecule has 1 saturated carbocycles. The Morgan fingerprint density at radius 1 is 1.39 bits per heavy atom. The number of nitrogens with one attached hydrogen (secondary N) is 3. The SMILES string of the molecule is COCc1cc2c(Nc3cc([C@H]4CC[C@@H](OC(=O)NC(C)C)[C@H]4F)[nH]n3)nccn2n1. The number of nitrogens with zero attached hydrogens (tertiary/aromatic N) is 4. The van der Waals surface area contributed by atoms with Gasteiger partial charge < -0.3 is 20.1 Å². The zero-order valence-electron chi connectivity index (χ0n) is 17.6. The maximum Gasteiger partial charge on any atom is 0.407 e. The van der Waals surface area contributed by atoms with Crippen molar-refractivity contribution in [1.82, 2.24) is 30.1 Å². The number of hydrogen-bond acceptors (Lipinski definition) is 7. The predicted octanol–water partition coefficient (Wildman–Crippen LogP) is 3.06. The van der Waals surface area contributed by atoms with Crippen LogP contribution in [-0.2, 0) is 16.1 Å². The molecule has 0 spiro atoms. The van der Waals surface area contributed by atoms with E-state index in [0.29, 0.717) is 36.8 Å². The molecule has 3 atom stereocenters. The molecule has 0 bridgehead atoms. The van der Waals surface area contributed by atoms with E-state index in [9.17, 15) is 9.18 Å². The van der Waals surface area contributed by atoms with Crippen LogP contribution in [0.3, 0.4) is 0 Å². The van der Waals surface area contributed by atoms with Crippen molar-refractivity contribution in [2.24, 2.45) is 0 Å². The van der Waals surface area contributed by atoms with Gasteiger partial charge >= 0.3 is 6.09 Å². The van der Waals surface area contributed by atoms with Gasteiger partial charge in [0.2, 0.25) is 0 Å². The van der Waals surface area contributed by atoms with Gasteiger partial charge in [-0.2, -0.15) is 10.2 Å². The number of amides is 1. The third-order valence-corrected chi connectivity index (χ3v) is 5.14. The first-order valence-corrected chi connectivity index (χ1v) is 10.2. The Bertz CT molecular complexity index is 1050. The summed E-state index contributed by atoms with van der Waals surface area (Å²) in [6, 6.07) is 3.57. The van der Waals surface area contributed by atoms with Crippen molar-refractivity contribution in [3.63, 3.8) is 0 Å². The minimum Gasteiger partial charge on any atom is -0.443 e. The molecule has 1 aliphatic carbocycles. The van der Waals surface area contributed by atoms with Crippen LogP contribution in [0.15, 0.2) is 24.5 Å². The Labute approximate surface area is 178 Å². The minimum absolute atomic E-state index is 0.0663. The number of anilines is 2. The summed E-state index contributed by atoms with van der Waals surface area (Å²) in [5.41, 5.74) is 2.19. The van der Waals surface area contributed by atoms with Crippen LogP contribution >= 0.6 is 0 Å². The smallest absolute Gasteiger partial charge is 0.407 e. The number of methoxy groups -OCH3 is 1. The minimum atomic E-state index is -1.31. The van der Waals surface area contributed by atoms with Crippen molar-refractivity contribution in [2.45, 2.75) is 57.5 Å². The normalized spacial score (nSPS) is 21.0. The Kier molecular flexibility index (Phi) is 6.03. The van der Waals surface area contributed by atoms with Gasteiger partial charge in [0, 0.05) is 43.2 Å².